The lowest BCUT2D eigenvalue weighted by Gasteiger charge is -2.37. The lowest BCUT2D eigenvalue weighted by Crippen LogP contribution is -2.53. The van der Waals surface area contributed by atoms with Gasteiger partial charge in [0, 0.05) is 57.6 Å². The van der Waals surface area contributed by atoms with E-state index >= 15 is 0 Å². The molecule has 2 aliphatic rings. The van der Waals surface area contributed by atoms with Crippen molar-refractivity contribution in [2.24, 2.45) is 4.99 Å². The average molecular weight is 343 g/mol. The third-order valence-corrected chi connectivity index (χ3v) is 6.12. The minimum atomic E-state index is 0.162. The molecular weight excluding hydrogens is 312 g/mol. The molecule has 2 heterocycles. The predicted octanol–water partition coefficient (Wildman–Crippen LogP) is 1.03. The van der Waals surface area contributed by atoms with Crippen LogP contribution in [-0.4, -0.2) is 85.2 Å². The van der Waals surface area contributed by atoms with Crippen LogP contribution < -0.4 is 5.32 Å². The van der Waals surface area contributed by atoms with Crippen LogP contribution in [0.2, 0.25) is 0 Å². The monoisotopic (exact) mass is 342 g/mol. The molecule has 0 unspecified atom stereocenters. The molecule has 1 N–H and O–H groups in total. The van der Waals surface area contributed by atoms with Crippen LogP contribution in [-0.2, 0) is 9.53 Å². The number of rotatable bonds is 4. The zero-order chi connectivity index (χ0) is 16.7. The van der Waals surface area contributed by atoms with Gasteiger partial charge in [-0.2, -0.15) is 11.8 Å². The van der Waals surface area contributed by atoms with Gasteiger partial charge in [-0.05, 0) is 26.0 Å². The van der Waals surface area contributed by atoms with Crippen molar-refractivity contribution >= 4 is 23.6 Å². The largest absolute Gasteiger partial charge is 0.381 e. The van der Waals surface area contributed by atoms with Crippen LogP contribution >= 0.6 is 11.8 Å². The standard InChI is InChI=1S/C16H30N4O2S/c1-4-17-15(20-9-7-19(8-10-20)14(2)21)18-13-16(23-3)5-11-22-12-6-16/h4-13H2,1-3H3,(H,17,18). The highest BCUT2D eigenvalue weighted by molar-refractivity contribution is 8.00. The molecule has 0 spiro atoms. The molecule has 132 valence electrons. The van der Waals surface area contributed by atoms with Gasteiger partial charge in [-0.3, -0.25) is 9.79 Å². The maximum Gasteiger partial charge on any atom is 0.219 e. The number of carbonyl (C=O) groups excluding carboxylic acids is 1. The number of carbonyl (C=O) groups is 1. The Labute approximate surface area is 144 Å². The van der Waals surface area contributed by atoms with Crippen LogP contribution in [0.3, 0.4) is 0 Å². The smallest absolute Gasteiger partial charge is 0.219 e. The molecule has 0 aromatic rings. The molecule has 1 amide bonds. The Kier molecular flexibility index (Phi) is 7.02. The maximum atomic E-state index is 11.5. The van der Waals surface area contributed by atoms with Crippen LogP contribution in [0.4, 0.5) is 0 Å². The molecule has 23 heavy (non-hydrogen) atoms. The predicted molar refractivity (Wildman–Crippen MR) is 96.1 cm³/mol. The average Bonchev–Trinajstić information content (AvgIpc) is 2.59. The molecule has 7 heteroatoms. The number of nitrogens with one attached hydrogen (secondary N) is 1. The van der Waals surface area contributed by atoms with Gasteiger partial charge in [0.05, 0.1) is 6.54 Å². The molecule has 0 aromatic heterocycles. The van der Waals surface area contributed by atoms with Gasteiger partial charge in [0.15, 0.2) is 5.96 Å². The second kappa shape index (κ2) is 8.78. The fourth-order valence-electron chi connectivity index (χ4n) is 3.05. The summed E-state index contributed by atoms with van der Waals surface area (Å²) in [7, 11) is 0. The van der Waals surface area contributed by atoms with Crippen molar-refractivity contribution < 1.29 is 9.53 Å². The van der Waals surface area contributed by atoms with E-state index in [0.29, 0.717) is 0 Å². The Morgan fingerprint density at radius 1 is 1.22 bits per heavy atom. The van der Waals surface area contributed by atoms with E-state index in [4.69, 9.17) is 9.73 Å². The number of hydrogen-bond acceptors (Lipinski definition) is 4. The summed E-state index contributed by atoms with van der Waals surface area (Å²) < 4.78 is 5.71. The van der Waals surface area contributed by atoms with E-state index in [9.17, 15) is 4.79 Å². The minimum absolute atomic E-state index is 0.162. The number of thioether (sulfide) groups is 1. The van der Waals surface area contributed by atoms with Crippen molar-refractivity contribution in [1.82, 2.24) is 15.1 Å². The molecule has 0 radical (unpaired) electrons. The summed E-state index contributed by atoms with van der Waals surface area (Å²) in [5.74, 6) is 1.14. The molecule has 0 bridgehead atoms. The molecule has 2 aliphatic heterocycles. The first-order valence-corrected chi connectivity index (χ1v) is 9.74. The molecule has 0 aromatic carbocycles. The number of hydrogen-bond donors (Lipinski definition) is 1. The summed E-state index contributed by atoms with van der Waals surface area (Å²) in [6, 6.07) is 0. The highest BCUT2D eigenvalue weighted by Gasteiger charge is 2.32. The van der Waals surface area contributed by atoms with Crippen molar-refractivity contribution in [2.45, 2.75) is 31.4 Å². The first kappa shape index (κ1) is 18.4. The summed E-state index contributed by atoms with van der Waals surface area (Å²) in [6.45, 7) is 10.4. The third kappa shape index (κ3) is 5.01. The van der Waals surface area contributed by atoms with Crippen molar-refractivity contribution in [1.29, 1.82) is 0 Å². The van der Waals surface area contributed by atoms with E-state index in [-0.39, 0.29) is 10.7 Å². The van der Waals surface area contributed by atoms with Gasteiger partial charge in [-0.15, -0.1) is 0 Å². The van der Waals surface area contributed by atoms with Crippen molar-refractivity contribution in [3.8, 4) is 0 Å². The first-order valence-electron chi connectivity index (χ1n) is 8.52. The maximum absolute atomic E-state index is 11.5. The first-order chi connectivity index (χ1) is 11.1. The second-order valence-corrected chi connectivity index (χ2v) is 7.44. The number of amides is 1. The lowest BCUT2D eigenvalue weighted by molar-refractivity contribution is -0.130. The number of guanidine groups is 1. The van der Waals surface area contributed by atoms with Crippen LogP contribution in [0, 0.1) is 0 Å². The van der Waals surface area contributed by atoms with Crippen LogP contribution in [0.15, 0.2) is 4.99 Å². The van der Waals surface area contributed by atoms with Crippen LogP contribution in [0.5, 0.6) is 0 Å². The number of ether oxygens (including phenoxy) is 1. The Bertz CT molecular complexity index is 416. The summed E-state index contributed by atoms with van der Waals surface area (Å²) in [6.07, 6.45) is 4.31. The van der Waals surface area contributed by atoms with E-state index in [2.05, 4.69) is 23.4 Å². The zero-order valence-electron chi connectivity index (χ0n) is 14.6. The molecule has 0 atom stereocenters. The number of piperazine rings is 1. The highest BCUT2D eigenvalue weighted by Crippen LogP contribution is 2.34. The Hall–Kier alpha value is -0.950. The number of nitrogens with zero attached hydrogens (tertiary/aromatic N) is 3. The molecule has 2 fully saturated rings. The fraction of sp³-hybridized carbons (Fsp3) is 0.875. The van der Waals surface area contributed by atoms with Gasteiger partial charge in [-0.25, -0.2) is 0 Å². The lowest BCUT2D eigenvalue weighted by atomic mass is 9.99. The third-order valence-electron chi connectivity index (χ3n) is 4.71. The molecule has 2 rings (SSSR count). The van der Waals surface area contributed by atoms with Gasteiger partial charge in [0.1, 0.15) is 0 Å². The normalized spacial score (nSPS) is 22.1. The molecule has 6 nitrogen and oxygen atoms in total. The van der Waals surface area contributed by atoms with Crippen LogP contribution in [0.1, 0.15) is 26.7 Å². The van der Waals surface area contributed by atoms with E-state index in [1.165, 1.54) is 0 Å². The van der Waals surface area contributed by atoms with Gasteiger partial charge < -0.3 is 19.9 Å². The van der Waals surface area contributed by atoms with Gasteiger partial charge in [0.25, 0.3) is 0 Å². The van der Waals surface area contributed by atoms with E-state index < -0.39 is 0 Å². The summed E-state index contributed by atoms with van der Waals surface area (Å²) in [5.41, 5.74) is 0. The van der Waals surface area contributed by atoms with Crippen molar-refractivity contribution in [3.05, 3.63) is 0 Å². The Balaban J connectivity index is 1.98. The quantitative estimate of drug-likeness (QED) is 0.611. The van der Waals surface area contributed by atoms with Gasteiger partial charge in [0.2, 0.25) is 5.91 Å². The summed E-state index contributed by atoms with van der Waals surface area (Å²) in [5, 5.41) is 3.41. The highest BCUT2D eigenvalue weighted by atomic mass is 32.2. The van der Waals surface area contributed by atoms with E-state index in [1.807, 2.05) is 16.7 Å². The minimum Gasteiger partial charge on any atom is -0.381 e. The second-order valence-electron chi connectivity index (χ2n) is 6.16. The number of aliphatic imine (C=N–C) groups is 1. The van der Waals surface area contributed by atoms with E-state index in [0.717, 1.165) is 71.3 Å². The zero-order valence-corrected chi connectivity index (χ0v) is 15.5. The van der Waals surface area contributed by atoms with Crippen molar-refractivity contribution in [2.75, 3.05) is 58.7 Å². The molecule has 0 aliphatic carbocycles. The van der Waals surface area contributed by atoms with Gasteiger partial charge >= 0.3 is 0 Å². The van der Waals surface area contributed by atoms with E-state index in [1.54, 1.807) is 6.92 Å². The topological polar surface area (TPSA) is 57.2 Å². The molecular formula is C16H30N4O2S. The molecule has 2 saturated heterocycles. The van der Waals surface area contributed by atoms with Gasteiger partial charge in [-0.1, -0.05) is 0 Å². The van der Waals surface area contributed by atoms with Crippen LogP contribution in [0.25, 0.3) is 0 Å². The Morgan fingerprint density at radius 3 is 2.35 bits per heavy atom. The SMILES string of the molecule is CCNC(=NCC1(SC)CCOCC1)N1CCN(C(C)=O)CC1. The summed E-state index contributed by atoms with van der Waals surface area (Å²) in [4.78, 5) is 20.6. The fourth-order valence-corrected chi connectivity index (χ4v) is 3.82. The van der Waals surface area contributed by atoms with Crippen molar-refractivity contribution in [3.63, 3.8) is 0 Å². The summed E-state index contributed by atoms with van der Waals surface area (Å²) >= 11 is 1.92. The Morgan fingerprint density at radius 2 is 1.83 bits per heavy atom. The molecule has 0 saturated carbocycles.